The van der Waals surface area contributed by atoms with E-state index in [1.807, 2.05) is 13.8 Å². The Bertz CT molecular complexity index is 206. The van der Waals surface area contributed by atoms with Crippen LogP contribution >= 0.6 is 0 Å². The molecule has 0 saturated heterocycles. The average Bonchev–Trinajstić information content (AvgIpc) is 2.05. The van der Waals surface area contributed by atoms with Crippen LogP contribution in [0.5, 0.6) is 0 Å². The minimum absolute atomic E-state index is 0.125. The van der Waals surface area contributed by atoms with Crippen molar-refractivity contribution in [1.82, 2.24) is 0 Å². The maximum atomic E-state index is 8.59. The zero-order valence-corrected chi connectivity index (χ0v) is 7.71. The summed E-state index contributed by atoms with van der Waals surface area (Å²) >= 11 is 0. The van der Waals surface area contributed by atoms with Crippen LogP contribution < -0.4 is 0 Å². The molecule has 0 aliphatic heterocycles. The Kier molecular flexibility index (Phi) is 3.06. The molecule has 68 valence electrons. The highest BCUT2D eigenvalue weighted by molar-refractivity contribution is 5.14. The van der Waals surface area contributed by atoms with Gasteiger partial charge in [0.15, 0.2) is 0 Å². The smallest absolute Gasteiger partial charge is 0.114 e. The number of hydrogen-bond donors (Lipinski definition) is 1. The third-order valence-electron chi connectivity index (χ3n) is 2.55. The van der Waals surface area contributed by atoms with E-state index in [4.69, 9.17) is 5.26 Å². The first-order chi connectivity index (χ1) is 5.65. The van der Waals surface area contributed by atoms with Gasteiger partial charge in [0.2, 0.25) is 0 Å². The van der Waals surface area contributed by atoms with Gasteiger partial charge in [0.1, 0.15) is 6.10 Å². The average molecular weight is 168 g/mol. The molecule has 0 aromatic carbocycles. The summed E-state index contributed by atoms with van der Waals surface area (Å²) in [5.74, 6) is 0.464. The Morgan fingerprint density at radius 3 is 2.92 bits per heavy atom. The molecular weight excluding hydrogens is 152 g/mol. The summed E-state index contributed by atoms with van der Waals surface area (Å²) in [7, 11) is 0. The monoisotopic (exact) mass is 168 g/mol. The lowest BCUT2D eigenvalue weighted by Crippen LogP contribution is -2.22. The van der Waals surface area contributed by atoms with Crippen LogP contribution in [0.4, 0.5) is 0 Å². The van der Waals surface area contributed by atoms with E-state index in [0.29, 0.717) is 5.92 Å². The molecule has 0 amide bonds. The van der Waals surface area contributed by atoms with Crippen LogP contribution in [0.25, 0.3) is 0 Å². The highest BCUT2D eigenvalue weighted by Crippen LogP contribution is 2.29. The normalized spacial score (nSPS) is 29.8. The molecule has 2 nitrogen and oxygen atoms in total. The first kappa shape index (κ1) is 9.49. The minimum atomic E-state index is -0.125. The number of hydrogen-bond acceptors (Lipinski definition) is 2. The largest absolute Gasteiger partial charge is 0.251 e. The molecule has 0 spiro atoms. The van der Waals surface area contributed by atoms with Gasteiger partial charge in [-0.25, -0.2) is 4.89 Å². The van der Waals surface area contributed by atoms with E-state index in [1.54, 1.807) is 0 Å². The summed E-state index contributed by atoms with van der Waals surface area (Å²) in [6.07, 6.45) is 3.87. The molecule has 1 aliphatic rings. The standard InChI is InChI=1S/C10H16O2/c1-7(2)9-5-4-8(3)10(6-9)12-11/h4,9-11H,1,5-6H2,2-3H3/t9-,10+/m1/s1. The lowest BCUT2D eigenvalue weighted by atomic mass is 9.84. The van der Waals surface area contributed by atoms with Gasteiger partial charge in [0.25, 0.3) is 0 Å². The molecule has 0 saturated carbocycles. The molecule has 1 rings (SSSR count). The van der Waals surface area contributed by atoms with E-state index in [9.17, 15) is 0 Å². The van der Waals surface area contributed by atoms with Crippen LogP contribution in [0.15, 0.2) is 23.8 Å². The maximum Gasteiger partial charge on any atom is 0.114 e. The number of allylic oxidation sites excluding steroid dienone is 2. The van der Waals surface area contributed by atoms with Crippen molar-refractivity contribution in [2.45, 2.75) is 32.8 Å². The van der Waals surface area contributed by atoms with Gasteiger partial charge in [-0.1, -0.05) is 18.2 Å². The molecule has 0 aromatic rings. The molecule has 2 heteroatoms. The second kappa shape index (κ2) is 3.87. The van der Waals surface area contributed by atoms with Gasteiger partial charge in [-0.05, 0) is 38.2 Å². The Balaban J connectivity index is 2.64. The Hall–Kier alpha value is -0.600. The van der Waals surface area contributed by atoms with Gasteiger partial charge >= 0.3 is 0 Å². The van der Waals surface area contributed by atoms with Crippen molar-refractivity contribution in [2.24, 2.45) is 5.92 Å². The molecule has 0 heterocycles. The molecule has 0 aromatic heterocycles. The predicted molar refractivity (Wildman–Crippen MR) is 48.8 cm³/mol. The molecule has 0 radical (unpaired) electrons. The van der Waals surface area contributed by atoms with Crippen molar-refractivity contribution in [2.75, 3.05) is 0 Å². The lowest BCUT2D eigenvalue weighted by Gasteiger charge is -2.26. The van der Waals surface area contributed by atoms with E-state index in [-0.39, 0.29) is 6.10 Å². The van der Waals surface area contributed by atoms with Crippen molar-refractivity contribution in [1.29, 1.82) is 0 Å². The van der Waals surface area contributed by atoms with Crippen LogP contribution in [0, 0.1) is 5.92 Å². The summed E-state index contributed by atoms with van der Waals surface area (Å²) < 4.78 is 0. The van der Waals surface area contributed by atoms with E-state index < -0.39 is 0 Å². The molecular formula is C10H16O2. The summed E-state index contributed by atoms with van der Waals surface area (Å²) in [5.41, 5.74) is 2.29. The second-order valence-electron chi connectivity index (χ2n) is 3.56. The molecule has 1 N–H and O–H groups in total. The van der Waals surface area contributed by atoms with Crippen LogP contribution in [-0.4, -0.2) is 11.4 Å². The first-order valence-electron chi connectivity index (χ1n) is 4.27. The van der Waals surface area contributed by atoms with Crippen LogP contribution in [0.3, 0.4) is 0 Å². The van der Waals surface area contributed by atoms with E-state index >= 15 is 0 Å². The van der Waals surface area contributed by atoms with Gasteiger partial charge in [-0.15, -0.1) is 0 Å². The van der Waals surface area contributed by atoms with Crippen LogP contribution in [0.1, 0.15) is 26.7 Å². The zero-order chi connectivity index (χ0) is 9.14. The molecule has 0 bridgehead atoms. The van der Waals surface area contributed by atoms with Crippen molar-refractivity contribution in [3.05, 3.63) is 23.8 Å². The molecule has 0 unspecified atom stereocenters. The van der Waals surface area contributed by atoms with Crippen molar-refractivity contribution >= 4 is 0 Å². The summed E-state index contributed by atoms with van der Waals surface area (Å²) in [4.78, 5) is 4.37. The van der Waals surface area contributed by atoms with Gasteiger partial charge < -0.3 is 0 Å². The quantitative estimate of drug-likeness (QED) is 0.390. The van der Waals surface area contributed by atoms with Gasteiger partial charge in [0, 0.05) is 0 Å². The topological polar surface area (TPSA) is 29.5 Å². The van der Waals surface area contributed by atoms with Gasteiger partial charge in [-0.3, -0.25) is 5.26 Å². The lowest BCUT2D eigenvalue weighted by molar-refractivity contribution is -0.272. The highest BCUT2D eigenvalue weighted by Gasteiger charge is 2.22. The van der Waals surface area contributed by atoms with Crippen molar-refractivity contribution in [3.8, 4) is 0 Å². The Morgan fingerprint density at radius 1 is 1.75 bits per heavy atom. The number of rotatable bonds is 2. The fourth-order valence-corrected chi connectivity index (χ4v) is 1.53. The molecule has 12 heavy (non-hydrogen) atoms. The molecule has 0 fully saturated rings. The highest BCUT2D eigenvalue weighted by atomic mass is 17.1. The fraction of sp³-hybridized carbons (Fsp3) is 0.600. The molecule has 1 aliphatic carbocycles. The fourth-order valence-electron chi connectivity index (χ4n) is 1.53. The summed E-state index contributed by atoms with van der Waals surface area (Å²) in [6.45, 7) is 7.91. The third kappa shape index (κ3) is 1.96. The van der Waals surface area contributed by atoms with Crippen molar-refractivity contribution in [3.63, 3.8) is 0 Å². The SMILES string of the molecule is C=C(C)[C@@H]1CC=C(C)[C@@H](OO)C1. The first-order valence-corrected chi connectivity index (χ1v) is 4.27. The van der Waals surface area contributed by atoms with E-state index in [0.717, 1.165) is 18.4 Å². The predicted octanol–water partition coefficient (Wildman–Crippen LogP) is 2.78. The third-order valence-corrected chi connectivity index (χ3v) is 2.55. The van der Waals surface area contributed by atoms with Crippen LogP contribution in [0.2, 0.25) is 0 Å². The Labute approximate surface area is 73.5 Å². The maximum absolute atomic E-state index is 8.59. The van der Waals surface area contributed by atoms with E-state index in [2.05, 4.69) is 17.5 Å². The summed E-state index contributed by atoms with van der Waals surface area (Å²) in [6, 6.07) is 0. The van der Waals surface area contributed by atoms with Crippen molar-refractivity contribution < 1.29 is 10.1 Å². The minimum Gasteiger partial charge on any atom is -0.251 e. The second-order valence-corrected chi connectivity index (χ2v) is 3.56. The Morgan fingerprint density at radius 2 is 2.42 bits per heavy atom. The van der Waals surface area contributed by atoms with E-state index in [1.165, 1.54) is 5.57 Å². The molecule has 2 atom stereocenters. The van der Waals surface area contributed by atoms with Crippen LogP contribution in [-0.2, 0) is 4.89 Å². The zero-order valence-electron chi connectivity index (χ0n) is 7.71. The van der Waals surface area contributed by atoms with Gasteiger partial charge in [-0.2, -0.15) is 0 Å². The summed E-state index contributed by atoms with van der Waals surface area (Å²) in [5, 5.41) is 8.59. The van der Waals surface area contributed by atoms with Gasteiger partial charge in [0.05, 0.1) is 0 Å².